The number of fused-ring (bicyclic) bond motifs is 5. The number of aliphatic hydroxyl groups is 1. The van der Waals surface area contributed by atoms with Crippen LogP contribution in [0.15, 0.2) is 0 Å². The molecular formula is C32H56O3. The van der Waals surface area contributed by atoms with Gasteiger partial charge < -0.3 is 10.2 Å². The summed E-state index contributed by atoms with van der Waals surface area (Å²) in [6, 6.07) is 0. The van der Waals surface area contributed by atoms with Crippen LogP contribution >= 0.6 is 0 Å². The predicted octanol–water partition coefficient (Wildman–Crippen LogP) is 8.20. The Labute approximate surface area is 217 Å². The molecule has 4 aliphatic rings. The first-order valence-corrected chi connectivity index (χ1v) is 14.6. The molecule has 0 heterocycles. The molecule has 0 saturated heterocycles. The molecule has 4 saturated carbocycles. The van der Waals surface area contributed by atoms with Crippen LogP contribution in [0.5, 0.6) is 0 Å². The first-order valence-electron chi connectivity index (χ1n) is 14.6. The Hall–Kier alpha value is -1.01. The summed E-state index contributed by atoms with van der Waals surface area (Å²) in [7, 11) is 0. The maximum atomic E-state index is 12.1. The third-order valence-electron chi connectivity index (χ3n) is 11.9. The fourth-order valence-electron chi connectivity index (χ4n) is 10.1. The van der Waals surface area contributed by atoms with E-state index in [-0.39, 0.29) is 28.3 Å². The number of carboxylic acids is 1. The average molecular weight is 489 g/mol. The molecule has 3 nitrogen and oxygen atoms in total. The summed E-state index contributed by atoms with van der Waals surface area (Å²) < 4.78 is 0. The standard InChI is InChI=1S/C27H46O3.C3H8.C2H2/c1-7-8-17-18(23(29)30)11-15-26(5)19(17)9-10-21-25(4)14-13-22(28)24(2,3)20(25)12-16-27(21,26)6;1-3-2;1-2/h17-22,28H,7-16H2,1-6H3,(H,29,30);3H2,1-2H3;1-2H/t17?,18-,19?,20?,21?,22-,25-,26+,27+;;/m0../s1. The summed E-state index contributed by atoms with van der Waals surface area (Å²) >= 11 is 0. The Balaban J connectivity index is 0.000000803. The predicted molar refractivity (Wildman–Crippen MR) is 147 cm³/mol. The molecule has 0 aromatic carbocycles. The van der Waals surface area contributed by atoms with E-state index >= 15 is 0 Å². The van der Waals surface area contributed by atoms with Gasteiger partial charge in [-0.05, 0) is 103 Å². The molecule has 35 heavy (non-hydrogen) atoms. The zero-order chi connectivity index (χ0) is 26.8. The van der Waals surface area contributed by atoms with Crippen molar-refractivity contribution in [1.82, 2.24) is 0 Å². The van der Waals surface area contributed by atoms with Crippen molar-refractivity contribution in [3.8, 4) is 12.8 Å². The van der Waals surface area contributed by atoms with Crippen molar-refractivity contribution in [2.24, 2.45) is 51.2 Å². The molecule has 9 atom stereocenters. The van der Waals surface area contributed by atoms with Crippen LogP contribution in [0.4, 0.5) is 0 Å². The number of hydrogen-bond acceptors (Lipinski definition) is 2. The molecule has 0 amide bonds. The Morgan fingerprint density at radius 2 is 1.40 bits per heavy atom. The number of aliphatic carboxylic acids is 1. The smallest absolute Gasteiger partial charge is 0.306 e. The topological polar surface area (TPSA) is 57.5 Å². The minimum atomic E-state index is -0.554. The van der Waals surface area contributed by atoms with Gasteiger partial charge >= 0.3 is 5.97 Å². The number of carboxylic acid groups (broad SMARTS) is 1. The molecule has 202 valence electrons. The molecule has 0 bridgehead atoms. The van der Waals surface area contributed by atoms with Crippen LogP contribution in [-0.4, -0.2) is 22.3 Å². The zero-order valence-electron chi connectivity index (χ0n) is 24.2. The molecule has 3 heteroatoms. The Kier molecular flexibility index (Phi) is 9.64. The van der Waals surface area contributed by atoms with Crippen molar-refractivity contribution in [2.75, 3.05) is 0 Å². The highest BCUT2D eigenvalue weighted by Gasteiger charge is 2.68. The maximum absolute atomic E-state index is 12.1. The van der Waals surface area contributed by atoms with E-state index in [4.69, 9.17) is 0 Å². The van der Waals surface area contributed by atoms with Gasteiger partial charge in [-0.3, -0.25) is 4.79 Å². The van der Waals surface area contributed by atoms with Crippen LogP contribution in [0.3, 0.4) is 0 Å². The van der Waals surface area contributed by atoms with Gasteiger partial charge in [0.2, 0.25) is 0 Å². The second-order valence-electron chi connectivity index (χ2n) is 13.7. The Morgan fingerprint density at radius 3 is 1.94 bits per heavy atom. The summed E-state index contributed by atoms with van der Waals surface area (Å²) in [4.78, 5) is 12.1. The fraction of sp³-hybridized carbons (Fsp3) is 0.906. The lowest BCUT2D eigenvalue weighted by atomic mass is 9.33. The van der Waals surface area contributed by atoms with Gasteiger partial charge in [-0.15, -0.1) is 12.8 Å². The summed E-state index contributed by atoms with van der Waals surface area (Å²) in [5.74, 6) is 1.49. The van der Waals surface area contributed by atoms with E-state index < -0.39 is 5.97 Å². The average Bonchev–Trinajstić information content (AvgIpc) is 2.79. The van der Waals surface area contributed by atoms with Gasteiger partial charge in [-0.1, -0.05) is 68.2 Å². The number of hydrogen-bond donors (Lipinski definition) is 2. The lowest BCUT2D eigenvalue weighted by Gasteiger charge is -2.72. The van der Waals surface area contributed by atoms with E-state index in [1.165, 1.54) is 32.1 Å². The van der Waals surface area contributed by atoms with Gasteiger partial charge in [0, 0.05) is 0 Å². The van der Waals surface area contributed by atoms with Crippen molar-refractivity contribution in [3.63, 3.8) is 0 Å². The van der Waals surface area contributed by atoms with E-state index in [1.54, 1.807) is 0 Å². The molecule has 0 radical (unpaired) electrons. The van der Waals surface area contributed by atoms with Crippen molar-refractivity contribution in [1.29, 1.82) is 0 Å². The monoisotopic (exact) mass is 488 g/mol. The van der Waals surface area contributed by atoms with Gasteiger partial charge in [-0.2, -0.15) is 0 Å². The van der Waals surface area contributed by atoms with Crippen molar-refractivity contribution < 1.29 is 15.0 Å². The summed E-state index contributed by atoms with van der Waals surface area (Å²) in [6.45, 7) is 18.8. The molecule has 0 aromatic rings. The summed E-state index contributed by atoms with van der Waals surface area (Å²) in [5, 5.41) is 20.8. The van der Waals surface area contributed by atoms with Crippen molar-refractivity contribution in [2.45, 2.75) is 132 Å². The quantitative estimate of drug-likeness (QED) is 0.394. The minimum Gasteiger partial charge on any atom is -0.481 e. The van der Waals surface area contributed by atoms with Crippen LogP contribution < -0.4 is 0 Å². The van der Waals surface area contributed by atoms with Crippen LogP contribution in [0.2, 0.25) is 0 Å². The molecule has 4 rings (SSSR count). The normalized spacial score (nSPS) is 45.7. The van der Waals surface area contributed by atoms with Crippen LogP contribution in [0.1, 0.15) is 126 Å². The van der Waals surface area contributed by atoms with E-state index in [0.717, 1.165) is 38.5 Å². The number of aliphatic hydroxyl groups excluding tert-OH is 1. The maximum Gasteiger partial charge on any atom is 0.306 e. The second-order valence-corrected chi connectivity index (χ2v) is 13.7. The highest BCUT2D eigenvalue weighted by molar-refractivity contribution is 5.70. The van der Waals surface area contributed by atoms with E-state index in [1.807, 2.05) is 0 Å². The van der Waals surface area contributed by atoms with Gasteiger partial charge in [0.1, 0.15) is 0 Å². The molecule has 2 N–H and O–H groups in total. The molecule has 0 aromatic heterocycles. The molecule has 0 aliphatic heterocycles. The van der Waals surface area contributed by atoms with Gasteiger partial charge in [0.15, 0.2) is 0 Å². The highest BCUT2D eigenvalue weighted by atomic mass is 16.4. The van der Waals surface area contributed by atoms with Crippen LogP contribution in [0.25, 0.3) is 0 Å². The van der Waals surface area contributed by atoms with E-state index in [2.05, 4.69) is 68.2 Å². The first kappa shape index (κ1) is 30.2. The third kappa shape index (κ3) is 4.71. The second kappa shape index (κ2) is 11.2. The van der Waals surface area contributed by atoms with E-state index in [0.29, 0.717) is 29.1 Å². The third-order valence-corrected chi connectivity index (χ3v) is 11.9. The van der Waals surface area contributed by atoms with Gasteiger partial charge in [-0.25, -0.2) is 0 Å². The molecule has 0 spiro atoms. The number of terminal acetylenes is 1. The summed E-state index contributed by atoms with van der Waals surface area (Å²) in [5.41, 5.74) is 0.830. The highest BCUT2D eigenvalue weighted by Crippen LogP contribution is 2.74. The number of rotatable bonds is 3. The van der Waals surface area contributed by atoms with Crippen molar-refractivity contribution in [3.05, 3.63) is 0 Å². The molecular weight excluding hydrogens is 432 g/mol. The first-order chi connectivity index (χ1) is 16.3. The lowest BCUT2D eigenvalue weighted by Crippen LogP contribution is -2.66. The number of carbonyl (C=O) groups is 1. The van der Waals surface area contributed by atoms with Crippen molar-refractivity contribution >= 4 is 5.97 Å². The van der Waals surface area contributed by atoms with E-state index in [9.17, 15) is 15.0 Å². The largest absolute Gasteiger partial charge is 0.481 e. The van der Waals surface area contributed by atoms with Crippen LogP contribution in [0, 0.1) is 64.1 Å². The Bertz CT molecular complexity index is 740. The van der Waals surface area contributed by atoms with Gasteiger partial charge in [0.25, 0.3) is 0 Å². The van der Waals surface area contributed by atoms with Gasteiger partial charge in [0.05, 0.1) is 12.0 Å². The molecule has 4 unspecified atom stereocenters. The molecule has 4 aliphatic carbocycles. The fourth-order valence-corrected chi connectivity index (χ4v) is 10.1. The lowest BCUT2D eigenvalue weighted by molar-refractivity contribution is -0.241. The molecule has 4 fully saturated rings. The zero-order valence-corrected chi connectivity index (χ0v) is 24.2. The Morgan fingerprint density at radius 1 is 0.829 bits per heavy atom. The summed E-state index contributed by atoms with van der Waals surface area (Å²) in [6.07, 6.45) is 20.2. The SMILES string of the molecule is C#C.CCC.CCCC1C2CCC3[C@@]4(C)CC[C@H](O)C(C)(C)C4CC[C@@]3(C)[C@]2(C)CC[C@@H]1C(=O)O. The van der Waals surface area contributed by atoms with Crippen LogP contribution in [-0.2, 0) is 4.79 Å². The minimum absolute atomic E-state index is 0.00219.